The van der Waals surface area contributed by atoms with Gasteiger partial charge in [0.25, 0.3) is 0 Å². The number of hydrogen-bond acceptors (Lipinski definition) is 4. The summed E-state index contributed by atoms with van der Waals surface area (Å²) in [6, 6.07) is 15.7. The normalized spacial score (nSPS) is 14.8. The van der Waals surface area contributed by atoms with E-state index in [4.69, 9.17) is 21.1 Å². The van der Waals surface area contributed by atoms with Crippen molar-refractivity contribution >= 4 is 23.3 Å². The summed E-state index contributed by atoms with van der Waals surface area (Å²) in [5, 5.41) is 6.08. The molecule has 2 N–H and O–H groups in total. The van der Waals surface area contributed by atoms with Gasteiger partial charge in [0.15, 0.2) is 5.75 Å². The van der Waals surface area contributed by atoms with E-state index in [1.54, 1.807) is 42.7 Å². The molecule has 27 heavy (non-hydrogen) atoms. The molecule has 1 atom stereocenters. The van der Waals surface area contributed by atoms with Gasteiger partial charge in [-0.25, -0.2) is 4.79 Å². The number of nitrogens with zero attached hydrogens (tertiary/aromatic N) is 1. The number of nitrogens with one attached hydrogen (secondary N) is 2. The lowest BCUT2D eigenvalue weighted by Gasteiger charge is -2.16. The molecule has 3 aromatic rings. The predicted molar refractivity (Wildman–Crippen MR) is 103 cm³/mol. The van der Waals surface area contributed by atoms with Crippen LogP contribution in [0.5, 0.6) is 17.2 Å². The zero-order chi connectivity index (χ0) is 18.6. The Kier molecular flexibility index (Phi) is 4.80. The second-order valence-corrected chi connectivity index (χ2v) is 6.31. The summed E-state index contributed by atoms with van der Waals surface area (Å²) in [6.45, 7) is 0.390. The minimum atomic E-state index is -0.376. The minimum absolute atomic E-state index is 0.219. The Hall–Kier alpha value is -3.25. The summed E-state index contributed by atoms with van der Waals surface area (Å²) in [5.41, 5.74) is 1.40. The van der Waals surface area contributed by atoms with Crippen LogP contribution in [0, 0.1) is 0 Å². The molecular weight excluding hydrogens is 366 g/mol. The molecule has 2 amide bonds. The molecule has 0 spiro atoms. The highest BCUT2D eigenvalue weighted by Gasteiger charge is 2.25. The number of anilines is 1. The molecule has 0 fully saturated rings. The number of aromatic nitrogens is 1. The van der Waals surface area contributed by atoms with Crippen LogP contribution in [0.1, 0.15) is 11.6 Å². The monoisotopic (exact) mass is 381 g/mol. The van der Waals surface area contributed by atoms with E-state index in [1.165, 1.54) is 0 Å². The van der Waals surface area contributed by atoms with E-state index < -0.39 is 0 Å². The first-order chi connectivity index (χ1) is 13.2. The minimum Gasteiger partial charge on any atom is -0.491 e. The van der Waals surface area contributed by atoms with Crippen molar-refractivity contribution in [2.75, 3.05) is 11.9 Å². The number of halogens is 1. The third kappa shape index (κ3) is 3.80. The Morgan fingerprint density at radius 1 is 1.15 bits per heavy atom. The van der Waals surface area contributed by atoms with Crippen molar-refractivity contribution < 1.29 is 14.3 Å². The van der Waals surface area contributed by atoms with Crippen molar-refractivity contribution in [1.82, 2.24) is 10.3 Å². The van der Waals surface area contributed by atoms with Gasteiger partial charge in [-0.3, -0.25) is 4.98 Å². The highest BCUT2D eigenvalue weighted by molar-refractivity contribution is 6.32. The van der Waals surface area contributed by atoms with Crippen LogP contribution in [0.4, 0.5) is 10.5 Å². The summed E-state index contributed by atoms with van der Waals surface area (Å²) >= 11 is 6.26. The topological polar surface area (TPSA) is 72.5 Å². The number of pyridine rings is 1. The van der Waals surface area contributed by atoms with E-state index >= 15 is 0 Å². The maximum absolute atomic E-state index is 12.5. The Balaban J connectivity index is 1.50. The van der Waals surface area contributed by atoms with Crippen LogP contribution >= 0.6 is 11.6 Å². The fraction of sp³-hybridized carbons (Fsp3) is 0.100. The lowest BCUT2D eigenvalue weighted by atomic mass is 10.1. The first kappa shape index (κ1) is 17.2. The first-order valence-electron chi connectivity index (χ1n) is 8.36. The summed E-state index contributed by atoms with van der Waals surface area (Å²) in [6.07, 6.45) is 3.22. The molecule has 0 aliphatic carbocycles. The fourth-order valence-electron chi connectivity index (χ4n) is 2.84. The Morgan fingerprint density at radius 3 is 2.89 bits per heavy atom. The molecule has 2 aromatic carbocycles. The highest BCUT2D eigenvalue weighted by atomic mass is 35.5. The van der Waals surface area contributed by atoms with E-state index in [9.17, 15) is 4.79 Å². The van der Waals surface area contributed by atoms with Crippen molar-refractivity contribution in [2.45, 2.75) is 6.04 Å². The Bertz CT molecular complexity index is 966. The molecule has 2 heterocycles. The number of para-hydroxylation sites is 2. The average molecular weight is 382 g/mol. The van der Waals surface area contributed by atoms with Crippen LogP contribution in [0.15, 0.2) is 67.0 Å². The van der Waals surface area contributed by atoms with Crippen LogP contribution in [0.3, 0.4) is 0 Å². The molecule has 7 heteroatoms. The second kappa shape index (κ2) is 7.55. The van der Waals surface area contributed by atoms with Crippen LogP contribution in [0.2, 0.25) is 5.02 Å². The maximum atomic E-state index is 12.5. The molecule has 6 nitrogen and oxygen atoms in total. The van der Waals surface area contributed by atoms with Crippen LogP contribution in [-0.4, -0.2) is 17.6 Å². The van der Waals surface area contributed by atoms with E-state index in [-0.39, 0.29) is 12.1 Å². The summed E-state index contributed by atoms with van der Waals surface area (Å²) in [7, 11) is 0. The Labute approximate surface area is 161 Å². The van der Waals surface area contributed by atoms with Crippen molar-refractivity contribution in [3.05, 3.63) is 77.6 Å². The van der Waals surface area contributed by atoms with E-state index in [1.807, 2.05) is 24.3 Å². The number of fused-ring (bicyclic) bond motifs is 1. The summed E-state index contributed by atoms with van der Waals surface area (Å²) in [4.78, 5) is 16.5. The first-order valence-corrected chi connectivity index (χ1v) is 8.74. The zero-order valence-electron chi connectivity index (χ0n) is 14.2. The number of urea groups is 1. The number of carbonyl (C=O) groups excluding carboxylic acids is 1. The summed E-state index contributed by atoms with van der Waals surface area (Å²) < 4.78 is 11.4. The molecule has 0 saturated heterocycles. The number of benzene rings is 2. The molecule has 1 aliphatic heterocycles. The number of amides is 2. The van der Waals surface area contributed by atoms with E-state index in [0.717, 1.165) is 11.3 Å². The molecule has 0 saturated carbocycles. The number of ether oxygens (including phenoxy) is 2. The van der Waals surface area contributed by atoms with Crippen LogP contribution in [0.25, 0.3) is 0 Å². The predicted octanol–water partition coefficient (Wildman–Crippen LogP) is 4.78. The van der Waals surface area contributed by atoms with Gasteiger partial charge in [-0.15, -0.1) is 0 Å². The number of hydrogen-bond donors (Lipinski definition) is 2. The third-order valence-electron chi connectivity index (χ3n) is 4.07. The fourth-order valence-corrected chi connectivity index (χ4v) is 3.05. The van der Waals surface area contributed by atoms with E-state index in [2.05, 4.69) is 15.6 Å². The molecule has 4 rings (SSSR count). The van der Waals surface area contributed by atoms with Crippen molar-refractivity contribution in [2.24, 2.45) is 0 Å². The van der Waals surface area contributed by atoms with Gasteiger partial charge in [0.05, 0.1) is 22.9 Å². The number of carbonyl (C=O) groups is 1. The van der Waals surface area contributed by atoms with Gasteiger partial charge in [-0.05, 0) is 30.3 Å². The van der Waals surface area contributed by atoms with Gasteiger partial charge >= 0.3 is 6.03 Å². The Morgan fingerprint density at radius 2 is 2.04 bits per heavy atom. The zero-order valence-corrected chi connectivity index (χ0v) is 14.9. The third-order valence-corrected chi connectivity index (χ3v) is 4.37. The molecule has 0 radical (unpaired) electrons. The lowest BCUT2D eigenvalue weighted by Crippen LogP contribution is -2.33. The number of rotatable bonds is 4. The summed E-state index contributed by atoms with van der Waals surface area (Å²) in [5.74, 6) is 1.66. The second-order valence-electron chi connectivity index (χ2n) is 5.91. The van der Waals surface area contributed by atoms with Gasteiger partial charge in [-0.2, -0.15) is 0 Å². The van der Waals surface area contributed by atoms with E-state index in [0.29, 0.717) is 28.8 Å². The largest absolute Gasteiger partial charge is 0.491 e. The molecule has 1 unspecified atom stereocenters. The molecule has 1 aromatic heterocycles. The quantitative estimate of drug-likeness (QED) is 0.682. The maximum Gasteiger partial charge on any atom is 0.319 e. The smallest absolute Gasteiger partial charge is 0.319 e. The molecular formula is C20H16ClN3O3. The molecule has 1 aliphatic rings. The molecule has 136 valence electrons. The van der Waals surface area contributed by atoms with Gasteiger partial charge < -0.3 is 20.1 Å². The van der Waals surface area contributed by atoms with Gasteiger partial charge in [0.1, 0.15) is 18.1 Å². The lowest BCUT2D eigenvalue weighted by molar-refractivity contribution is 0.243. The standard InChI is InChI=1S/C20H16ClN3O3/c21-15-7-3-8-16(19(15)27-13-5-4-10-22-11-13)23-20(25)24-17-12-26-18-9-2-1-6-14(17)18/h1-11,17H,12H2,(H2,23,24,25). The molecule has 0 bridgehead atoms. The van der Waals surface area contributed by atoms with Gasteiger partial charge in [0, 0.05) is 11.8 Å². The SMILES string of the molecule is O=C(Nc1cccc(Cl)c1Oc1cccnc1)NC1COc2ccccc21. The van der Waals surface area contributed by atoms with Gasteiger partial charge in [-0.1, -0.05) is 35.9 Å². The van der Waals surface area contributed by atoms with Crippen molar-refractivity contribution in [1.29, 1.82) is 0 Å². The highest BCUT2D eigenvalue weighted by Crippen LogP contribution is 2.36. The van der Waals surface area contributed by atoms with Crippen LogP contribution in [-0.2, 0) is 0 Å². The van der Waals surface area contributed by atoms with Crippen molar-refractivity contribution in [3.8, 4) is 17.2 Å². The van der Waals surface area contributed by atoms with Crippen LogP contribution < -0.4 is 20.1 Å². The average Bonchev–Trinajstić information content (AvgIpc) is 3.08. The van der Waals surface area contributed by atoms with Crippen molar-refractivity contribution in [3.63, 3.8) is 0 Å². The van der Waals surface area contributed by atoms with Gasteiger partial charge in [0.2, 0.25) is 0 Å².